The van der Waals surface area contributed by atoms with Gasteiger partial charge in [0.1, 0.15) is 34.8 Å². The number of benzene rings is 1. The first kappa shape index (κ1) is 19.4. The molecule has 0 saturated heterocycles. The van der Waals surface area contributed by atoms with Crippen molar-refractivity contribution in [2.24, 2.45) is 0 Å². The first-order valence-corrected chi connectivity index (χ1v) is 8.69. The van der Waals surface area contributed by atoms with Gasteiger partial charge < -0.3 is 15.5 Å². The molecule has 2 aromatic rings. The van der Waals surface area contributed by atoms with Crippen LogP contribution in [0.3, 0.4) is 0 Å². The molecule has 26 heavy (non-hydrogen) atoms. The van der Waals surface area contributed by atoms with Crippen molar-refractivity contribution < 1.29 is 4.74 Å². The number of ether oxygens (including phenoxy) is 1. The van der Waals surface area contributed by atoms with Crippen molar-refractivity contribution in [2.75, 3.05) is 12.3 Å². The van der Waals surface area contributed by atoms with Crippen molar-refractivity contribution >= 4 is 17.4 Å². The lowest BCUT2D eigenvalue weighted by Gasteiger charge is -2.12. The number of aromatic amines is 1. The van der Waals surface area contributed by atoms with Gasteiger partial charge in [-0.05, 0) is 24.1 Å². The van der Waals surface area contributed by atoms with Crippen molar-refractivity contribution in [3.05, 3.63) is 44.7 Å². The molecule has 0 aliphatic heterocycles. The Morgan fingerprint density at radius 1 is 1.19 bits per heavy atom. The van der Waals surface area contributed by atoms with Crippen LogP contribution in [0.4, 0.5) is 5.82 Å². The standard InChI is InChI=1S/C19H19ClN4O2/c1-2-3-4-5-8-26-16-7-6-12(9-15(16)20)17-13(10-21)18(23)24-19(25)14(17)11-22/h6-7,9H,2-5,8H2,1H3,(H3,23,24,25). The number of anilines is 1. The minimum absolute atomic E-state index is 0.0328. The number of H-pyrrole nitrogens is 1. The second-order valence-corrected chi connectivity index (χ2v) is 6.18. The summed E-state index contributed by atoms with van der Waals surface area (Å²) in [7, 11) is 0. The molecule has 1 aromatic heterocycles. The molecule has 0 unspecified atom stereocenters. The molecule has 0 saturated carbocycles. The van der Waals surface area contributed by atoms with Crippen molar-refractivity contribution in [1.82, 2.24) is 4.98 Å². The molecule has 7 heteroatoms. The maximum absolute atomic E-state index is 12.0. The van der Waals surface area contributed by atoms with E-state index >= 15 is 0 Å². The number of nitriles is 2. The topological polar surface area (TPSA) is 116 Å². The number of hydrogen-bond donors (Lipinski definition) is 2. The zero-order valence-corrected chi connectivity index (χ0v) is 15.2. The van der Waals surface area contributed by atoms with E-state index in [0.29, 0.717) is 22.9 Å². The molecular weight excluding hydrogens is 352 g/mol. The SMILES string of the molecule is CCCCCCOc1ccc(-c2c(C#N)c(N)[nH]c(=O)c2C#N)cc1Cl. The number of pyridine rings is 1. The number of aromatic nitrogens is 1. The number of rotatable bonds is 7. The molecule has 0 fully saturated rings. The molecule has 6 nitrogen and oxygen atoms in total. The minimum atomic E-state index is -0.647. The highest BCUT2D eigenvalue weighted by Gasteiger charge is 2.19. The second kappa shape index (κ2) is 8.94. The van der Waals surface area contributed by atoms with Gasteiger partial charge in [-0.25, -0.2) is 0 Å². The lowest BCUT2D eigenvalue weighted by atomic mass is 9.96. The largest absolute Gasteiger partial charge is 0.492 e. The van der Waals surface area contributed by atoms with Crippen molar-refractivity contribution in [3.8, 4) is 29.0 Å². The van der Waals surface area contributed by atoms with Crippen molar-refractivity contribution in [3.63, 3.8) is 0 Å². The van der Waals surface area contributed by atoms with Gasteiger partial charge in [-0.3, -0.25) is 4.79 Å². The molecule has 134 valence electrons. The smallest absolute Gasteiger partial charge is 0.268 e. The van der Waals surface area contributed by atoms with Gasteiger partial charge in [0.2, 0.25) is 0 Å². The van der Waals surface area contributed by atoms with E-state index in [2.05, 4.69) is 11.9 Å². The Bertz CT molecular complexity index is 938. The average Bonchev–Trinajstić information content (AvgIpc) is 2.62. The van der Waals surface area contributed by atoms with Crippen LogP contribution in [0.25, 0.3) is 11.1 Å². The third-order valence-electron chi connectivity index (χ3n) is 3.94. The average molecular weight is 371 g/mol. The summed E-state index contributed by atoms with van der Waals surface area (Å²) in [5.74, 6) is 0.431. The Balaban J connectivity index is 2.37. The first-order chi connectivity index (χ1) is 12.5. The third-order valence-corrected chi connectivity index (χ3v) is 4.24. The molecule has 0 atom stereocenters. The molecular formula is C19H19ClN4O2. The predicted octanol–water partition coefficient (Wildman–Crippen LogP) is 3.98. The van der Waals surface area contributed by atoms with Crippen LogP contribution >= 0.6 is 11.6 Å². The van der Waals surface area contributed by atoms with E-state index in [9.17, 15) is 15.3 Å². The zero-order chi connectivity index (χ0) is 19.1. The fourth-order valence-corrected chi connectivity index (χ4v) is 2.85. The quantitative estimate of drug-likeness (QED) is 0.715. The molecule has 0 radical (unpaired) electrons. The normalized spacial score (nSPS) is 10.2. The van der Waals surface area contributed by atoms with E-state index in [4.69, 9.17) is 22.1 Å². The highest BCUT2D eigenvalue weighted by atomic mass is 35.5. The number of nitrogen functional groups attached to an aromatic ring is 1. The molecule has 0 bridgehead atoms. The number of unbranched alkanes of at least 4 members (excludes halogenated alkanes) is 3. The molecule has 1 heterocycles. The second-order valence-electron chi connectivity index (χ2n) is 5.77. The Kier molecular flexibility index (Phi) is 6.66. The summed E-state index contributed by atoms with van der Waals surface area (Å²) < 4.78 is 5.68. The summed E-state index contributed by atoms with van der Waals surface area (Å²) in [5.41, 5.74) is 5.56. The monoisotopic (exact) mass is 370 g/mol. The maximum Gasteiger partial charge on any atom is 0.268 e. The van der Waals surface area contributed by atoms with E-state index in [1.165, 1.54) is 0 Å². The predicted molar refractivity (Wildman–Crippen MR) is 101 cm³/mol. The van der Waals surface area contributed by atoms with Gasteiger partial charge in [-0.2, -0.15) is 10.5 Å². The summed E-state index contributed by atoms with van der Waals surface area (Å²) >= 11 is 6.28. The van der Waals surface area contributed by atoms with Crippen LogP contribution in [0.2, 0.25) is 5.02 Å². The summed E-state index contributed by atoms with van der Waals surface area (Å²) in [4.78, 5) is 14.3. The van der Waals surface area contributed by atoms with Crippen LogP contribution in [0, 0.1) is 22.7 Å². The number of nitrogens with one attached hydrogen (secondary N) is 1. The van der Waals surface area contributed by atoms with Crippen LogP contribution in [0.1, 0.15) is 43.7 Å². The molecule has 0 amide bonds. The lowest BCUT2D eigenvalue weighted by Crippen LogP contribution is -2.16. The van der Waals surface area contributed by atoms with Crippen LogP contribution in [0.15, 0.2) is 23.0 Å². The Labute approximate surface area is 156 Å². The van der Waals surface area contributed by atoms with Gasteiger partial charge in [0.05, 0.1) is 11.6 Å². The summed E-state index contributed by atoms with van der Waals surface area (Å²) in [6.45, 7) is 2.70. The van der Waals surface area contributed by atoms with Gasteiger partial charge in [0.25, 0.3) is 5.56 Å². The molecule has 3 N–H and O–H groups in total. The van der Waals surface area contributed by atoms with E-state index in [1.807, 2.05) is 12.1 Å². The first-order valence-electron chi connectivity index (χ1n) is 8.32. The van der Waals surface area contributed by atoms with Crippen LogP contribution < -0.4 is 16.0 Å². The third kappa shape index (κ3) is 4.17. The molecule has 0 aliphatic carbocycles. The molecule has 1 aromatic carbocycles. The summed E-state index contributed by atoms with van der Waals surface area (Å²) in [5, 5.41) is 19.0. The molecule has 0 aliphatic rings. The molecule has 2 rings (SSSR count). The zero-order valence-electron chi connectivity index (χ0n) is 14.4. The number of halogens is 1. The fraction of sp³-hybridized carbons (Fsp3) is 0.316. The maximum atomic E-state index is 12.0. The van der Waals surface area contributed by atoms with Crippen LogP contribution in [0.5, 0.6) is 5.75 Å². The lowest BCUT2D eigenvalue weighted by molar-refractivity contribution is 0.305. The van der Waals surface area contributed by atoms with Crippen LogP contribution in [-0.2, 0) is 0 Å². The van der Waals surface area contributed by atoms with E-state index in [1.54, 1.807) is 18.2 Å². The van der Waals surface area contributed by atoms with E-state index in [-0.39, 0.29) is 22.5 Å². The number of hydrogen-bond acceptors (Lipinski definition) is 5. The highest BCUT2D eigenvalue weighted by Crippen LogP contribution is 2.34. The van der Waals surface area contributed by atoms with Gasteiger partial charge in [-0.1, -0.05) is 43.9 Å². The number of nitrogens with two attached hydrogens (primary N) is 1. The van der Waals surface area contributed by atoms with Gasteiger partial charge in [0.15, 0.2) is 0 Å². The molecule has 0 spiro atoms. The van der Waals surface area contributed by atoms with Crippen molar-refractivity contribution in [1.29, 1.82) is 10.5 Å². The van der Waals surface area contributed by atoms with Gasteiger partial charge in [0, 0.05) is 5.56 Å². The van der Waals surface area contributed by atoms with Gasteiger partial charge >= 0.3 is 0 Å². The minimum Gasteiger partial charge on any atom is -0.492 e. The fourth-order valence-electron chi connectivity index (χ4n) is 2.62. The highest BCUT2D eigenvalue weighted by molar-refractivity contribution is 6.32. The Morgan fingerprint density at radius 3 is 2.54 bits per heavy atom. The Hall–Kier alpha value is -2.96. The number of nitrogens with zero attached hydrogens (tertiary/aromatic N) is 2. The van der Waals surface area contributed by atoms with Crippen molar-refractivity contribution in [2.45, 2.75) is 32.6 Å². The van der Waals surface area contributed by atoms with Gasteiger partial charge in [-0.15, -0.1) is 0 Å². The Morgan fingerprint density at radius 2 is 1.92 bits per heavy atom. The van der Waals surface area contributed by atoms with E-state index in [0.717, 1.165) is 25.7 Å². The van der Waals surface area contributed by atoms with Crippen LogP contribution in [-0.4, -0.2) is 11.6 Å². The summed E-state index contributed by atoms with van der Waals surface area (Å²) in [6.07, 6.45) is 4.34. The van der Waals surface area contributed by atoms with E-state index < -0.39 is 5.56 Å². The summed E-state index contributed by atoms with van der Waals surface area (Å²) in [6, 6.07) is 8.65.